The number of ketones is 1. The smallest absolute Gasteiger partial charge is 0.152 e. The summed E-state index contributed by atoms with van der Waals surface area (Å²) in [5.41, 5.74) is -0.140. The molecule has 0 aromatic rings. The zero-order valence-electron chi connectivity index (χ0n) is 10.6. The molecule has 0 aromatic carbocycles. The number of carbonyl (C=O) groups excluding carboxylic acids is 1. The van der Waals surface area contributed by atoms with Gasteiger partial charge in [-0.05, 0) is 26.4 Å². The first-order valence-electron chi connectivity index (χ1n) is 5.52. The van der Waals surface area contributed by atoms with Crippen LogP contribution in [0.25, 0.3) is 0 Å². The Kier molecular flexibility index (Phi) is 5.35. The highest BCUT2D eigenvalue weighted by atomic mass is 16.1. The van der Waals surface area contributed by atoms with Crippen LogP contribution in [0.15, 0.2) is 0 Å². The fraction of sp³-hybridized carbons (Fsp3) is 0.917. The maximum atomic E-state index is 12.1. The Bertz CT molecular complexity index is 187. The van der Waals surface area contributed by atoms with Crippen molar-refractivity contribution in [1.29, 1.82) is 0 Å². The van der Waals surface area contributed by atoms with Crippen LogP contribution in [0.4, 0.5) is 0 Å². The van der Waals surface area contributed by atoms with Crippen molar-refractivity contribution in [1.82, 2.24) is 4.90 Å². The summed E-state index contributed by atoms with van der Waals surface area (Å²) in [6, 6.07) is 0. The van der Waals surface area contributed by atoms with Gasteiger partial charge in [0.2, 0.25) is 0 Å². The van der Waals surface area contributed by atoms with E-state index in [0.717, 1.165) is 12.8 Å². The monoisotopic (exact) mass is 199 g/mol. The molecular weight excluding hydrogens is 174 g/mol. The number of nitrogens with zero attached hydrogens (tertiary/aromatic N) is 1. The zero-order chi connectivity index (χ0) is 11.4. The predicted octanol–water partition coefficient (Wildman–Crippen LogP) is 2.58. The van der Waals surface area contributed by atoms with E-state index in [9.17, 15) is 4.79 Å². The normalized spacial score (nSPS) is 16.0. The van der Waals surface area contributed by atoms with E-state index in [0.29, 0.717) is 18.2 Å². The Balaban J connectivity index is 4.56. The molecule has 14 heavy (non-hydrogen) atoms. The molecule has 0 heterocycles. The number of carbonyl (C=O) groups is 1. The van der Waals surface area contributed by atoms with Gasteiger partial charge in [-0.3, -0.25) is 4.79 Å². The molecule has 0 saturated heterocycles. The molecule has 0 spiro atoms. The third-order valence-electron chi connectivity index (χ3n) is 3.14. The number of hydrogen-bond donors (Lipinski definition) is 0. The lowest BCUT2D eigenvalue weighted by atomic mass is 9.72. The minimum absolute atomic E-state index is 0.140. The summed E-state index contributed by atoms with van der Waals surface area (Å²) in [6.07, 6.45) is 2.07. The van der Waals surface area contributed by atoms with E-state index in [1.54, 1.807) is 0 Å². The molecule has 1 atom stereocenters. The average Bonchev–Trinajstić information content (AvgIpc) is 2.02. The number of rotatable bonds is 6. The van der Waals surface area contributed by atoms with Crippen LogP contribution in [0.1, 0.15) is 40.5 Å². The van der Waals surface area contributed by atoms with Crippen molar-refractivity contribution in [2.24, 2.45) is 11.3 Å². The first-order valence-corrected chi connectivity index (χ1v) is 5.52. The van der Waals surface area contributed by atoms with Crippen molar-refractivity contribution in [2.45, 2.75) is 40.5 Å². The maximum absolute atomic E-state index is 12.1. The minimum atomic E-state index is -0.140. The summed E-state index contributed by atoms with van der Waals surface area (Å²) >= 11 is 0. The zero-order valence-corrected chi connectivity index (χ0v) is 10.6. The third kappa shape index (κ3) is 3.41. The fourth-order valence-corrected chi connectivity index (χ4v) is 1.74. The van der Waals surface area contributed by atoms with Crippen LogP contribution < -0.4 is 0 Å². The van der Waals surface area contributed by atoms with E-state index in [-0.39, 0.29) is 5.41 Å². The first kappa shape index (κ1) is 13.6. The van der Waals surface area contributed by atoms with Gasteiger partial charge >= 0.3 is 0 Å². The summed E-state index contributed by atoms with van der Waals surface area (Å²) in [5, 5.41) is 0. The van der Waals surface area contributed by atoms with Gasteiger partial charge in [0.15, 0.2) is 5.78 Å². The van der Waals surface area contributed by atoms with E-state index in [2.05, 4.69) is 27.7 Å². The van der Waals surface area contributed by atoms with E-state index < -0.39 is 0 Å². The average molecular weight is 199 g/mol. The highest BCUT2D eigenvalue weighted by Gasteiger charge is 2.34. The van der Waals surface area contributed by atoms with Gasteiger partial charge in [-0.25, -0.2) is 0 Å². The van der Waals surface area contributed by atoms with Crippen molar-refractivity contribution in [2.75, 3.05) is 20.6 Å². The summed E-state index contributed by atoms with van der Waals surface area (Å²) in [6.45, 7) is 9.09. The Morgan fingerprint density at radius 1 is 1.36 bits per heavy atom. The van der Waals surface area contributed by atoms with Crippen LogP contribution in [0.3, 0.4) is 0 Å². The first-order chi connectivity index (χ1) is 6.34. The quantitative estimate of drug-likeness (QED) is 0.655. The number of Topliss-reactive ketones (excluding diaryl/α,β-unsaturated/α-hetero) is 1. The van der Waals surface area contributed by atoms with Crippen LogP contribution in [0.5, 0.6) is 0 Å². The van der Waals surface area contributed by atoms with Gasteiger partial charge in [-0.2, -0.15) is 0 Å². The Hall–Kier alpha value is -0.370. The Morgan fingerprint density at radius 3 is 2.14 bits per heavy atom. The lowest BCUT2D eigenvalue weighted by Crippen LogP contribution is -2.39. The molecular formula is C12H25NO. The van der Waals surface area contributed by atoms with E-state index >= 15 is 0 Å². The molecule has 2 nitrogen and oxygen atoms in total. The maximum Gasteiger partial charge on any atom is 0.152 e. The molecule has 1 unspecified atom stereocenters. The molecule has 0 fully saturated rings. The summed E-state index contributed by atoms with van der Waals surface area (Å²) in [4.78, 5) is 14.0. The molecule has 0 amide bonds. The summed E-state index contributed by atoms with van der Waals surface area (Å²) in [5.74, 6) is 0.800. The lowest BCUT2D eigenvalue weighted by molar-refractivity contribution is -0.131. The van der Waals surface area contributed by atoms with Gasteiger partial charge < -0.3 is 4.90 Å². The van der Waals surface area contributed by atoms with Gasteiger partial charge in [0.1, 0.15) is 0 Å². The largest absolute Gasteiger partial charge is 0.302 e. The predicted molar refractivity (Wildman–Crippen MR) is 61.4 cm³/mol. The highest BCUT2D eigenvalue weighted by molar-refractivity contribution is 5.86. The van der Waals surface area contributed by atoms with E-state index in [4.69, 9.17) is 0 Å². The molecule has 0 aliphatic heterocycles. The van der Waals surface area contributed by atoms with Crippen molar-refractivity contribution < 1.29 is 4.79 Å². The fourth-order valence-electron chi connectivity index (χ4n) is 1.74. The minimum Gasteiger partial charge on any atom is -0.302 e. The van der Waals surface area contributed by atoms with Gasteiger partial charge in [-0.15, -0.1) is 0 Å². The van der Waals surface area contributed by atoms with Gasteiger partial charge in [-0.1, -0.05) is 34.1 Å². The molecule has 2 heteroatoms. The molecule has 0 saturated carbocycles. The van der Waals surface area contributed by atoms with Crippen LogP contribution in [-0.4, -0.2) is 31.3 Å². The van der Waals surface area contributed by atoms with Crippen molar-refractivity contribution >= 4 is 5.78 Å². The van der Waals surface area contributed by atoms with Gasteiger partial charge in [0.05, 0.1) is 6.54 Å². The Morgan fingerprint density at radius 2 is 1.86 bits per heavy atom. The van der Waals surface area contributed by atoms with Crippen molar-refractivity contribution in [3.63, 3.8) is 0 Å². The number of hydrogen-bond acceptors (Lipinski definition) is 2. The second-order valence-electron chi connectivity index (χ2n) is 4.98. The summed E-state index contributed by atoms with van der Waals surface area (Å²) in [7, 11) is 3.90. The molecule has 0 aliphatic rings. The van der Waals surface area contributed by atoms with E-state index in [1.165, 1.54) is 0 Å². The molecule has 0 aliphatic carbocycles. The Labute approximate surface area is 88.7 Å². The molecule has 84 valence electrons. The van der Waals surface area contributed by atoms with Crippen LogP contribution in [0, 0.1) is 11.3 Å². The molecule has 0 aromatic heterocycles. The molecule has 0 radical (unpaired) electrons. The SMILES string of the molecule is CCCC(C)(C(=O)CN(C)C)C(C)C. The molecule has 0 rings (SSSR count). The van der Waals surface area contributed by atoms with E-state index in [1.807, 2.05) is 19.0 Å². The highest BCUT2D eigenvalue weighted by Crippen LogP contribution is 2.33. The van der Waals surface area contributed by atoms with Crippen LogP contribution in [0.2, 0.25) is 0 Å². The number of likely N-dealkylation sites (N-methyl/N-ethyl adjacent to an activating group) is 1. The van der Waals surface area contributed by atoms with Gasteiger partial charge in [0, 0.05) is 5.41 Å². The van der Waals surface area contributed by atoms with Crippen LogP contribution in [-0.2, 0) is 4.79 Å². The van der Waals surface area contributed by atoms with Crippen molar-refractivity contribution in [3.05, 3.63) is 0 Å². The topological polar surface area (TPSA) is 20.3 Å². The summed E-state index contributed by atoms with van der Waals surface area (Å²) < 4.78 is 0. The standard InChI is InChI=1S/C12H25NO/c1-7-8-12(4,10(2)3)11(14)9-13(5)6/h10H,7-9H2,1-6H3. The second-order valence-corrected chi connectivity index (χ2v) is 4.98. The third-order valence-corrected chi connectivity index (χ3v) is 3.14. The molecule has 0 N–H and O–H groups in total. The second kappa shape index (κ2) is 5.50. The molecule has 0 bridgehead atoms. The van der Waals surface area contributed by atoms with Crippen molar-refractivity contribution in [3.8, 4) is 0 Å². The van der Waals surface area contributed by atoms with Crippen LogP contribution >= 0.6 is 0 Å². The van der Waals surface area contributed by atoms with Gasteiger partial charge in [0.25, 0.3) is 0 Å². The lowest BCUT2D eigenvalue weighted by Gasteiger charge is -2.33.